The molecule has 3 heterocycles. The van der Waals surface area contributed by atoms with Gasteiger partial charge in [-0.25, -0.2) is 23.4 Å². The Kier molecular flexibility index (Phi) is 3.57. The van der Waals surface area contributed by atoms with E-state index in [4.69, 9.17) is 10.7 Å². The molecule has 0 fully saturated rings. The molecule has 6 aromatic rings. The number of rotatable bonds is 2. The van der Waals surface area contributed by atoms with Crippen LogP contribution in [0.3, 0.4) is 0 Å². The molecule has 0 radical (unpaired) electrons. The molecule has 7 nitrogen and oxygen atoms in total. The lowest BCUT2D eigenvalue weighted by atomic mass is 10.2. The van der Waals surface area contributed by atoms with Crippen molar-refractivity contribution >= 4 is 54.4 Å². The third-order valence-electron chi connectivity index (χ3n) is 5.35. The molecular weight excluding hydrogens is 410 g/mol. The van der Waals surface area contributed by atoms with Crippen molar-refractivity contribution in [2.24, 2.45) is 0 Å². The van der Waals surface area contributed by atoms with Gasteiger partial charge in [0.2, 0.25) is 9.84 Å². The molecule has 0 spiro atoms. The maximum Gasteiger partial charge on any atom is 0.212 e. The van der Waals surface area contributed by atoms with E-state index in [1.54, 1.807) is 34.7 Å². The lowest BCUT2D eigenvalue weighted by Crippen LogP contribution is -2.11. The molecule has 150 valence electrons. The second-order valence-electron chi connectivity index (χ2n) is 7.20. The van der Waals surface area contributed by atoms with Crippen molar-refractivity contribution < 1.29 is 8.42 Å². The molecule has 3 aromatic carbocycles. The van der Waals surface area contributed by atoms with Crippen molar-refractivity contribution in [3.8, 4) is 0 Å². The summed E-state index contributed by atoms with van der Waals surface area (Å²) in [4.78, 5) is 14.2. The number of anilines is 1. The van der Waals surface area contributed by atoms with Crippen molar-refractivity contribution in [3.05, 3.63) is 78.9 Å². The van der Waals surface area contributed by atoms with Crippen molar-refractivity contribution in [3.63, 3.8) is 0 Å². The summed E-state index contributed by atoms with van der Waals surface area (Å²) in [7, 11) is -3.96. The van der Waals surface area contributed by atoms with Crippen molar-refractivity contribution in [2.75, 3.05) is 5.73 Å². The summed E-state index contributed by atoms with van der Waals surface area (Å²) in [6.07, 6.45) is 0. The highest BCUT2D eigenvalue weighted by atomic mass is 32.2. The molecule has 0 saturated carbocycles. The van der Waals surface area contributed by atoms with Gasteiger partial charge in [0.05, 0.1) is 32.6 Å². The maximum absolute atomic E-state index is 13.7. The van der Waals surface area contributed by atoms with Gasteiger partial charge in [-0.1, -0.05) is 42.5 Å². The van der Waals surface area contributed by atoms with E-state index in [0.717, 1.165) is 5.52 Å². The van der Waals surface area contributed by atoms with E-state index in [1.165, 1.54) is 0 Å². The number of sulfone groups is 1. The van der Waals surface area contributed by atoms with Crippen LogP contribution in [0.25, 0.3) is 38.9 Å². The van der Waals surface area contributed by atoms with Crippen LogP contribution in [0, 0.1) is 0 Å². The minimum atomic E-state index is -3.96. The molecule has 8 heteroatoms. The van der Waals surface area contributed by atoms with E-state index >= 15 is 0 Å². The minimum Gasteiger partial charge on any atom is -0.396 e. The molecule has 6 rings (SSSR count). The fourth-order valence-corrected chi connectivity index (χ4v) is 5.45. The quantitative estimate of drug-likeness (QED) is 0.421. The summed E-state index contributed by atoms with van der Waals surface area (Å²) in [5.74, 6) is 0. The van der Waals surface area contributed by atoms with E-state index in [9.17, 15) is 8.42 Å². The van der Waals surface area contributed by atoms with E-state index in [1.807, 2.05) is 48.5 Å². The molecule has 2 N–H and O–H groups in total. The van der Waals surface area contributed by atoms with Gasteiger partial charge in [-0.15, -0.1) is 0 Å². The van der Waals surface area contributed by atoms with Crippen LogP contribution < -0.4 is 5.73 Å². The highest BCUT2D eigenvalue weighted by molar-refractivity contribution is 7.91. The number of hydrogen-bond donors (Lipinski definition) is 1. The average Bonchev–Trinajstić information content (AvgIpc) is 3.17. The number of nitrogens with zero attached hydrogens (tertiary/aromatic N) is 4. The monoisotopic (exact) mass is 425 g/mol. The normalized spacial score (nSPS) is 12.3. The molecule has 0 aliphatic heterocycles. The molecule has 0 unspecified atom stereocenters. The largest absolute Gasteiger partial charge is 0.396 e. The predicted molar refractivity (Wildman–Crippen MR) is 120 cm³/mol. The van der Waals surface area contributed by atoms with Crippen LogP contribution in [-0.4, -0.2) is 27.8 Å². The molecule has 0 aliphatic rings. The Morgan fingerprint density at radius 1 is 0.677 bits per heavy atom. The number of fused-ring (bicyclic) bond motifs is 6. The van der Waals surface area contributed by atoms with Crippen molar-refractivity contribution in [1.29, 1.82) is 0 Å². The summed E-state index contributed by atoms with van der Waals surface area (Å²) in [5, 5.41) is 0. The fraction of sp³-hybridized carbons (Fsp3) is 0. The lowest BCUT2D eigenvalue weighted by Gasteiger charge is -2.13. The van der Waals surface area contributed by atoms with Crippen LogP contribution in [0.5, 0.6) is 0 Å². The number of pyridine rings is 1. The van der Waals surface area contributed by atoms with Crippen LogP contribution in [0.4, 0.5) is 5.69 Å². The molecule has 0 bridgehead atoms. The summed E-state index contributed by atoms with van der Waals surface area (Å²) in [5.41, 5.74) is 10.3. The Morgan fingerprint density at radius 2 is 1.26 bits per heavy atom. The Labute approximate surface area is 176 Å². The van der Waals surface area contributed by atoms with Crippen LogP contribution in [0.1, 0.15) is 0 Å². The summed E-state index contributed by atoms with van der Waals surface area (Å²) in [6, 6.07) is 23.1. The number of nitrogen functional groups attached to an aromatic ring is 1. The number of aromatic nitrogens is 4. The Bertz CT molecular complexity index is 1760. The van der Waals surface area contributed by atoms with Gasteiger partial charge in [0, 0.05) is 0 Å². The second kappa shape index (κ2) is 6.23. The van der Waals surface area contributed by atoms with Gasteiger partial charge in [-0.3, -0.25) is 4.40 Å². The standard InChI is InChI=1S/C23H15N5O2S/c24-19-20-22(26-16-11-5-4-10-15(16)25-20)28-18-13-7-6-12-17(18)27-23(28)21(19)31(29,30)14-8-2-1-3-9-14/h1-13H,24H2. The zero-order valence-corrected chi connectivity index (χ0v) is 16.9. The zero-order valence-electron chi connectivity index (χ0n) is 16.1. The van der Waals surface area contributed by atoms with Crippen LogP contribution >= 0.6 is 0 Å². The molecular formula is C23H15N5O2S. The first-order chi connectivity index (χ1) is 15.1. The first-order valence-electron chi connectivity index (χ1n) is 9.61. The van der Waals surface area contributed by atoms with Gasteiger partial charge in [-0.05, 0) is 36.4 Å². The van der Waals surface area contributed by atoms with Crippen LogP contribution in [-0.2, 0) is 9.84 Å². The summed E-state index contributed by atoms with van der Waals surface area (Å²) < 4.78 is 29.1. The third-order valence-corrected chi connectivity index (χ3v) is 7.18. The van der Waals surface area contributed by atoms with Gasteiger partial charge in [-0.2, -0.15) is 0 Å². The molecule has 31 heavy (non-hydrogen) atoms. The maximum atomic E-state index is 13.7. The number of nitrogens with two attached hydrogens (primary N) is 1. The van der Waals surface area contributed by atoms with Crippen molar-refractivity contribution in [1.82, 2.24) is 19.4 Å². The van der Waals surface area contributed by atoms with Gasteiger partial charge in [0.1, 0.15) is 10.4 Å². The summed E-state index contributed by atoms with van der Waals surface area (Å²) >= 11 is 0. The van der Waals surface area contributed by atoms with Crippen LogP contribution in [0.15, 0.2) is 88.7 Å². The number of benzene rings is 3. The molecule has 0 aliphatic carbocycles. The summed E-state index contributed by atoms with van der Waals surface area (Å²) in [6.45, 7) is 0. The van der Waals surface area contributed by atoms with Gasteiger partial charge in [0.15, 0.2) is 11.3 Å². The first-order valence-corrected chi connectivity index (χ1v) is 11.1. The molecule has 0 amide bonds. The molecule has 3 aromatic heterocycles. The number of para-hydroxylation sites is 4. The van der Waals surface area contributed by atoms with E-state index in [0.29, 0.717) is 27.7 Å². The Hall–Kier alpha value is -4.04. The SMILES string of the molecule is Nc1c(S(=O)(=O)c2ccccc2)c2nc3ccccc3n2c2nc3ccccc3nc12. The van der Waals surface area contributed by atoms with Crippen LogP contribution in [0.2, 0.25) is 0 Å². The second-order valence-corrected chi connectivity index (χ2v) is 9.09. The highest BCUT2D eigenvalue weighted by Gasteiger charge is 2.29. The third kappa shape index (κ3) is 2.45. The van der Waals surface area contributed by atoms with Gasteiger partial charge < -0.3 is 5.73 Å². The minimum absolute atomic E-state index is 0.0416. The van der Waals surface area contributed by atoms with Crippen molar-refractivity contribution in [2.45, 2.75) is 9.79 Å². The first kappa shape index (κ1) is 17.8. The topological polar surface area (TPSA) is 103 Å². The van der Waals surface area contributed by atoms with E-state index in [-0.39, 0.29) is 21.1 Å². The highest BCUT2D eigenvalue weighted by Crippen LogP contribution is 2.36. The van der Waals surface area contributed by atoms with Gasteiger partial charge in [0.25, 0.3) is 0 Å². The Balaban J connectivity index is 1.89. The van der Waals surface area contributed by atoms with E-state index < -0.39 is 9.84 Å². The smallest absolute Gasteiger partial charge is 0.212 e. The predicted octanol–water partition coefficient (Wildman–Crippen LogP) is 4.00. The lowest BCUT2D eigenvalue weighted by molar-refractivity contribution is 0.597. The number of imidazole rings is 1. The molecule has 0 atom stereocenters. The number of hydrogen-bond acceptors (Lipinski definition) is 6. The average molecular weight is 425 g/mol. The van der Waals surface area contributed by atoms with E-state index in [2.05, 4.69) is 9.97 Å². The Morgan fingerprint density at radius 3 is 2.00 bits per heavy atom. The molecule has 0 saturated heterocycles. The van der Waals surface area contributed by atoms with Gasteiger partial charge >= 0.3 is 0 Å². The zero-order chi connectivity index (χ0) is 21.2. The fourth-order valence-electron chi connectivity index (χ4n) is 3.93.